The molecule has 2 heterocycles. The van der Waals surface area contributed by atoms with E-state index in [9.17, 15) is 9.59 Å². The molecule has 0 unspecified atom stereocenters. The Morgan fingerprint density at radius 3 is 2.62 bits per heavy atom. The van der Waals surface area contributed by atoms with Gasteiger partial charge in [0.05, 0.1) is 23.9 Å². The van der Waals surface area contributed by atoms with Crippen molar-refractivity contribution in [3.8, 4) is 0 Å². The van der Waals surface area contributed by atoms with Gasteiger partial charge in [-0.15, -0.1) is 0 Å². The first-order valence-corrected chi connectivity index (χ1v) is 11.0. The van der Waals surface area contributed by atoms with Gasteiger partial charge in [-0.2, -0.15) is 0 Å². The van der Waals surface area contributed by atoms with Crippen molar-refractivity contribution in [2.45, 2.75) is 45.4 Å². The SMILES string of the molecule is CC(C)(C)OC(=O)N1CC[C@@H](NCC(=O)c2ccc(Cn3cnc4ccccc43)cc2)C1. The van der Waals surface area contributed by atoms with Gasteiger partial charge in [0, 0.05) is 31.2 Å². The number of nitrogens with one attached hydrogen (secondary N) is 1. The van der Waals surface area contributed by atoms with E-state index in [4.69, 9.17) is 4.74 Å². The lowest BCUT2D eigenvalue weighted by Crippen LogP contribution is -2.39. The highest BCUT2D eigenvalue weighted by molar-refractivity contribution is 5.97. The van der Waals surface area contributed by atoms with Crippen molar-refractivity contribution in [1.29, 1.82) is 0 Å². The minimum atomic E-state index is -0.504. The molecule has 7 heteroatoms. The zero-order valence-electron chi connectivity index (χ0n) is 18.9. The summed E-state index contributed by atoms with van der Waals surface area (Å²) in [6.45, 7) is 7.72. The summed E-state index contributed by atoms with van der Waals surface area (Å²) in [4.78, 5) is 30.9. The average Bonchev–Trinajstić information content (AvgIpc) is 3.39. The van der Waals surface area contributed by atoms with Crippen molar-refractivity contribution >= 4 is 22.9 Å². The Kier molecular flexibility index (Phi) is 6.28. The van der Waals surface area contributed by atoms with E-state index in [1.807, 2.05) is 69.6 Å². The summed E-state index contributed by atoms with van der Waals surface area (Å²) in [5, 5.41) is 3.29. The van der Waals surface area contributed by atoms with E-state index < -0.39 is 5.60 Å². The molecule has 1 N–H and O–H groups in total. The number of fused-ring (bicyclic) bond motifs is 1. The molecule has 0 spiro atoms. The fourth-order valence-corrected chi connectivity index (χ4v) is 3.89. The van der Waals surface area contributed by atoms with Gasteiger partial charge in [0.15, 0.2) is 5.78 Å². The van der Waals surface area contributed by atoms with Crippen molar-refractivity contribution in [3.05, 3.63) is 66.0 Å². The molecule has 1 aliphatic rings. The number of rotatable bonds is 6. The second-order valence-corrected chi connectivity index (χ2v) is 9.27. The maximum absolute atomic E-state index is 12.6. The zero-order chi connectivity index (χ0) is 22.7. The third kappa shape index (κ3) is 5.34. The van der Waals surface area contributed by atoms with E-state index in [1.54, 1.807) is 4.90 Å². The molecule has 1 atom stereocenters. The summed E-state index contributed by atoms with van der Waals surface area (Å²) in [5.74, 6) is 0.0420. The van der Waals surface area contributed by atoms with Gasteiger partial charge in [-0.1, -0.05) is 36.4 Å². The number of imidazole rings is 1. The van der Waals surface area contributed by atoms with E-state index in [2.05, 4.69) is 20.9 Å². The average molecular weight is 435 g/mol. The Balaban J connectivity index is 1.28. The van der Waals surface area contributed by atoms with Crippen molar-refractivity contribution in [3.63, 3.8) is 0 Å². The Morgan fingerprint density at radius 1 is 1.12 bits per heavy atom. The van der Waals surface area contributed by atoms with Crippen molar-refractivity contribution in [2.24, 2.45) is 0 Å². The number of para-hydroxylation sites is 2. The lowest BCUT2D eigenvalue weighted by Gasteiger charge is -2.24. The zero-order valence-corrected chi connectivity index (χ0v) is 18.9. The van der Waals surface area contributed by atoms with Crippen LogP contribution in [-0.2, 0) is 11.3 Å². The highest BCUT2D eigenvalue weighted by Gasteiger charge is 2.29. The lowest BCUT2D eigenvalue weighted by atomic mass is 10.1. The third-order valence-electron chi connectivity index (χ3n) is 5.55. The Hall–Kier alpha value is -3.19. The Labute approximate surface area is 188 Å². The quantitative estimate of drug-likeness (QED) is 0.596. The predicted octanol–water partition coefficient (Wildman–Crippen LogP) is 3.87. The molecular weight excluding hydrogens is 404 g/mol. The van der Waals surface area contributed by atoms with Crippen LogP contribution < -0.4 is 5.32 Å². The number of ketones is 1. The molecule has 0 bridgehead atoms. The number of aromatic nitrogens is 2. The fraction of sp³-hybridized carbons (Fsp3) is 0.400. The molecule has 7 nitrogen and oxygen atoms in total. The number of hydrogen-bond donors (Lipinski definition) is 1. The van der Waals surface area contributed by atoms with Gasteiger partial charge in [0.1, 0.15) is 5.60 Å². The van der Waals surface area contributed by atoms with Crippen LogP contribution in [0.2, 0.25) is 0 Å². The van der Waals surface area contributed by atoms with Gasteiger partial charge in [-0.25, -0.2) is 9.78 Å². The predicted molar refractivity (Wildman–Crippen MR) is 124 cm³/mol. The fourth-order valence-electron chi connectivity index (χ4n) is 3.89. The maximum atomic E-state index is 12.6. The van der Waals surface area contributed by atoms with Crippen LogP contribution in [-0.4, -0.2) is 57.6 Å². The summed E-state index contributed by atoms with van der Waals surface area (Å²) in [6.07, 6.45) is 2.36. The van der Waals surface area contributed by atoms with E-state index >= 15 is 0 Å². The smallest absolute Gasteiger partial charge is 0.410 e. The number of nitrogens with zero attached hydrogens (tertiary/aromatic N) is 3. The number of likely N-dealkylation sites (tertiary alicyclic amines) is 1. The molecule has 4 rings (SSSR count). The van der Waals surface area contributed by atoms with Crippen LogP contribution in [0.3, 0.4) is 0 Å². The van der Waals surface area contributed by atoms with Crippen LogP contribution in [0.15, 0.2) is 54.9 Å². The highest BCUT2D eigenvalue weighted by atomic mass is 16.6. The van der Waals surface area contributed by atoms with Gasteiger partial charge in [0.25, 0.3) is 0 Å². The van der Waals surface area contributed by atoms with Crippen molar-refractivity contribution < 1.29 is 14.3 Å². The number of carbonyl (C=O) groups is 2. The van der Waals surface area contributed by atoms with Gasteiger partial charge in [-0.05, 0) is 44.9 Å². The minimum Gasteiger partial charge on any atom is -0.444 e. The second-order valence-electron chi connectivity index (χ2n) is 9.27. The monoisotopic (exact) mass is 434 g/mol. The molecule has 1 aliphatic heterocycles. The lowest BCUT2D eigenvalue weighted by molar-refractivity contribution is 0.0291. The molecule has 32 heavy (non-hydrogen) atoms. The number of Topliss-reactive ketones (excluding diaryl/α,β-unsaturated/α-hetero) is 1. The molecule has 1 saturated heterocycles. The number of benzene rings is 2. The van der Waals surface area contributed by atoms with E-state index in [0.717, 1.165) is 23.0 Å². The summed E-state index contributed by atoms with van der Waals surface area (Å²) in [7, 11) is 0. The normalized spacial score (nSPS) is 16.5. The van der Waals surface area contributed by atoms with E-state index in [1.165, 1.54) is 0 Å². The van der Waals surface area contributed by atoms with Crippen molar-refractivity contribution in [2.75, 3.05) is 19.6 Å². The standard InChI is InChI=1S/C25H30N4O3/c1-25(2,3)32-24(31)28-13-12-20(16-28)26-14-23(30)19-10-8-18(9-11-19)15-29-17-27-21-6-4-5-7-22(21)29/h4-11,17,20,26H,12-16H2,1-3H3/t20-/m1/s1. The van der Waals surface area contributed by atoms with Crippen LogP contribution >= 0.6 is 0 Å². The topological polar surface area (TPSA) is 76.5 Å². The Bertz CT molecular complexity index is 1100. The molecule has 1 amide bonds. The molecule has 0 saturated carbocycles. The van der Waals surface area contributed by atoms with E-state index in [0.29, 0.717) is 25.2 Å². The third-order valence-corrected chi connectivity index (χ3v) is 5.55. The molecule has 0 radical (unpaired) electrons. The van der Waals surface area contributed by atoms with Crippen LogP contribution in [0.1, 0.15) is 43.1 Å². The van der Waals surface area contributed by atoms with Crippen LogP contribution in [0.25, 0.3) is 11.0 Å². The summed E-state index contributed by atoms with van der Waals surface area (Å²) in [6, 6.07) is 15.9. The Morgan fingerprint density at radius 2 is 1.88 bits per heavy atom. The number of hydrogen-bond acceptors (Lipinski definition) is 5. The number of ether oxygens (including phenoxy) is 1. The molecular formula is C25H30N4O3. The molecule has 168 valence electrons. The summed E-state index contributed by atoms with van der Waals surface area (Å²) < 4.78 is 7.53. The molecule has 2 aromatic carbocycles. The first-order chi connectivity index (χ1) is 15.3. The second kappa shape index (κ2) is 9.12. The summed E-state index contributed by atoms with van der Waals surface area (Å²) >= 11 is 0. The van der Waals surface area contributed by atoms with Gasteiger partial charge in [-0.3, -0.25) is 4.79 Å². The first kappa shape index (κ1) is 22.0. The molecule has 0 aliphatic carbocycles. The van der Waals surface area contributed by atoms with Gasteiger partial charge >= 0.3 is 6.09 Å². The minimum absolute atomic E-state index is 0.0420. The highest BCUT2D eigenvalue weighted by Crippen LogP contribution is 2.16. The maximum Gasteiger partial charge on any atom is 0.410 e. The van der Waals surface area contributed by atoms with Gasteiger partial charge in [0.2, 0.25) is 0 Å². The van der Waals surface area contributed by atoms with Crippen molar-refractivity contribution in [1.82, 2.24) is 19.8 Å². The molecule has 3 aromatic rings. The number of carbonyl (C=O) groups excluding carboxylic acids is 2. The van der Waals surface area contributed by atoms with Crippen LogP contribution in [0, 0.1) is 0 Å². The number of amides is 1. The van der Waals surface area contributed by atoms with Gasteiger partial charge < -0.3 is 19.5 Å². The first-order valence-electron chi connectivity index (χ1n) is 11.0. The van der Waals surface area contributed by atoms with Crippen LogP contribution in [0.5, 0.6) is 0 Å². The molecule has 1 aromatic heterocycles. The largest absolute Gasteiger partial charge is 0.444 e. The molecule has 1 fully saturated rings. The summed E-state index contributed by atoms with van der Waals surface area (Å²) in [5.41, 5.74) is 3.35. The van der Waals surface area contributed by atoms with Crippen LogP contribution in [0.4, 0.5) is 4.79 Å². The van der Waals surface area contributed by atoms with E-state index in [-0.39, 0.29) is 24.5 Å².